The van der Waals surface area contributed by atoms with E-state index in [0.29, 0.717) is 0 Å². The maximum atomic E-state index is 4.38. The molecule has 0 atom stereocenters. The first kappa shape index (κ1) is 17.7. The van der Waals surface area contributed by atoms with Crippen molar-refractivity contribution in [3.05, 3.63) is 11.6 Å². The molecule has 0 unspecified atom stereocenters. The number of hydrogen-bond donors (Lipinski definition) is 1. The van der Waals surface area contributed by atoms with Crippen molar-refractivity contribution >= 4 is 24.8 Å². The third-order valence-electron chi connectivity index (χ3n) is 3.90. The lowest BCUT2D eigenvalue weighted by atomic mass is 10.3. The summed E-state index contributed by atoms with van der Waals surface area (Å²) < 4.78 is 2.30. The lowest BCUT2D eigenvalue weighted by Gasteiger charge is -2.31. The predicted molar refractivity (Wildman–Crippen MR) is 83.9 cm³/mol. The van der Waals surface area contributed by atoms with Crippen LogP contribution in [0.15, 0.2) is 0 Å². The number of nitrogens with zero attached hydrogens (tertiary/aromatic N) is 5. The third-order valence-corrected chi connectivity index (χ3v) is 3.90. The number of halogens is 2. The van der Waals surface area contributed by atoms with Crippen LogP contribution in [0.3, 0.4) is 0 Å². The van der Waals surface area contributed by atoms with Crippen molar-refractivity contribution in [1.82, 2.24) is 29.9 Å². The number of aromatic nitrogens is 3. The van der Waals surface area contributed by atoms with E-state index < -0.39 is 0 Å². The summed E-state index contributed by atoms with van der Waals surface area (Å²) in [5, 5.41) is 12.1. The SMILES string of the molecule is CN1CCN(Cc2nnc3n2CCNCC3)CC1.Cl.Cl. The van der Waals surface area contributed by atoms with Gasteiger partial charge >= 0.3 is 0 Å². The van der Waals surface area contributed by atoms with Crippen LogP contribution in [0, 0.1) is 0 Å². The molecular formula is C12H24Cl2N6. The molecule has 0 amide bonds. The van der Waals surface area contributed by atoms with Crippen molar-refractivity contribution in [1.29, 1.82) is 0 Å². The summed E-state index contributed by atoms with van der Waals surface area (Å²) in [6.45, 7) is 8.58. The fourth-order valence-corrected chi connectivity index (χ4v) is 2.65. The molecule has 0 saturated carbocycles. The van der Waals surface area contributed by atoms with Crippen molar-refractivity contribution in [2.45, 2.75) is 19.5 Å². The van der Waals surface area contributed by atoms with E-state index in [-0.39, 0.29) is 24.8 Å². The minimum Gasteiger partial charge on any atom is -0.315 e. The zero-order chi connectivity index (χ0) is 12.4. The van der Waals surface area contributed by atoms with Crippen LogP contribution >= 0.6 is 24.8 Å². The molecule has 6 nitrogen and oxygen atoms in total. The Kier molecular flexibility index (Phi) is 7.19. The predicted octanol–water partition coefficient (Wildman–Crippen LogP) is 0.0148. The quantitative estimate of drug-likeness (QED) is 0.831. The van der Waals surface area contributed by atoms with Crippen LogP contribution in [0.1, 0.15) is 11.6 Å². The van der Waals surface area contributed by atoms with Crippen LogP contribution in [0.5, 0.6) is 0 Å². The zero-order valence-corrected chi connectivity index (χ0v) is 13.5. The lowest BCUT2D eigenvalue weighted by molar-refractivity contribution is 0.144. The van der Waals surface area contributed by atoms with Crippen molar-refractivity contribution in [2.24, 2.45) is 0 Å². The molecule has 2 aliphatic heterocycles. The molecule has 1 saturated heterocycles. The summed E-state index contributed by atoms with van der Waals surface area (Å²) in [4.78, 5) is 4.86. The Morgan fingerprint density at radius 2 is 1.75 bits per heavy atom. The van der Waals surface area contributed by atoms with E-state index in [9.17, 15) is 0 Å². The maximum absolute atomic E-state index is 4.38. The number of rotatable bonds is 2. The van der Waals surface area contributed by atoms with Gasteiger partial charge in [0.25, 0.3) is 0 Å². The Labute approximate surface area is 132 Å². The molecule has 0 radical (unpaired) electrons. The smallest absolute Gasteiger partial charge is 0.147 e. The van der Waals surface area contributed by atoms with Gasteiger partial charge in [0.15, 0.2) is 0 Å². The summed E-state index contributed by atoms with van der Waals surface area (Å²) in [6.07, 6.45) is 0.996. The van der Waals surface area contributed by atoms with E-state index in [0.717, 1.165) is 70.4 Å². The van der Waals surface area contributed by atoms with Crippen molar-refractivity contribution in [3.8, 4) is 0 Å². The van der Waals surface area contributed by atoms with Gasteiger partial charge in [-0.15, -0.1) is 35.0 Å². The molecule has 1 N–H and O–H groups in total. The summed E-state index contributed by atoms with van der Waals surface area (Å²) in [5.41, 5.74) is 0. The molecule has 2 aliphatic rings. The molecule has 3 heterocycles. The molecule has 0 aliphatic carbocycles. The first-order valence-corrected chi connectivity index (χ1v) is 6.85. The molecular weight excluding hydrogens is 299 g/mol. The van der Waals surface area contributed by atoms with E-state index in [2.05, 4.69) is 36.9 Å². The first-order chi connectivity index (χ1) is 8.83. The molecule has 0 bridgehead atoms. The Bertz CT molecular complexity index is 403. The number of nitrogens with one attached hydrogen (secondary N) is 1. The van der Waals surface area contributed by atoms with Crippen LogP contribution in [-0.4, -0.2) is 70.9 Å². The number of likely N-dealkylation sites (N-methyl/N-ethyl adjacent to an activating group) is 1. The van der Waals surface area contributed by atoms with Crippen molar-refractivity contribution in [2.75, 3.05) is 46.3 Å². The van der Waals surface area contributed by atoms with E-state index in [1.807, 2.05) is 0 Å². The highest BCUT2D eigenvalue weighted by molar-refractivity contribution is 5.85. The fraction of sp³-hybridized carbons (Fsp3) is 0.833. The highest BCUT2D eigenvalue weighted by Crippen LogP contribution is 2.09. The largest absolute Gasteiger partial charge is 0.315 e. The molecule has 0 aromatic carbocycles. The normalized spacial score (nSPS) is 20.4. The van der Waals surface area contributed by atoms with Crippen LogP contribution in [0.2, 0.25) is 0 Å². The summed E-state index contributed by atoms with van der Waals surface area (Å²) in [6, 6.07) is 0. The topological polar surface area (TPSA) is 49.2 Å². The molecule has 1 fully saturated rings. The van der Waals surface area contributed by atoms with Crippen LogP contribution in [0.4, 0.5) is 0 Å². The fourth-order valence-electron chi connectivity index (χ4n) is 2.65. The van der Waals surface area contributed by atoms with Crippen molar-refractivity contribution in [3.63, 3.8) is 0 Å². The number of hydrogen-bond acceptors (Lipinski definition) is 5. The van der Waals surface area contributed by atoms with Crippen LogP contribution < -0.4 is 5.32 Å². The van der Waals surface area contributed by atoms with Gasteiger partial charge in [-0.3, -0.25) is 4.90 Å². The van der Waals surface area contributed by atoms with Gasteiger partial charge in [0.2, 0.25) is 0 Å². The van der Waals surface area contributed by atoms with Gasteiger partial charge in [-0.05, 0) is 7.05 Å². The van der Waals surface area contributed by atoms with Gasteiger partial charge < -0.3 is 14.8 Å². The summed E-state index contributed by atoms with van der Waals surface area (Å²) >= 11 is 0. The van der Waals surface area contributed by atoms with E-state index in [1.165, 1.54) is 0 Å². The Balaban J connectivity index is 0.000001000. The van der Waals surface area contributed by atoms with Gasteiger partial charge in [0.1, 0.15) is 11.6 Å². The average Bonchev–Trinajstić information content (AvgIpc) is 2.62. The van der Waals surface area contributed by atoms with Crippen LogP contribution in [-0.2, 0) is 19.5 Å². The molecule has 8 heteroatoms. The Morgan fingerprint density at radius 1 is 1.00 bits per heavy atom. The molecule has 116 valence electrons. The molecule has 1 aromatic rings. The van der Waals surface area contributed by atoms with E-state index in [1.54, 1.807) is 0 Å². The Hall–Kier alpha value is -0.400. The van der Waals surface area contributed by atoms with Gasteiger partial charge in [0, 0.05) is 52.2 Å². The van der Waals surface area contributed by atoms with E-state index in [4.69, 9.17) is 0 Å². The van der Waals surface area contributed by atoms with Gasteiger partial charge in [0.05, 0.1) is 6.54 Å². The van der Waals surface area contributed by atoms with Gasteiger partial charge in [-0.25, -0.2) is 0 Å². The number of piperazine rings is 1. The highest BCUT2D eigenvalue weighted by atomic mass is 35.5. The van der Waals surface area contributed by atoms with Gasteiger partial charge in [-0.2, -0.15) is 0 Å². The van der Waals surface area contributed by atoms with Gasteiger partial charge in [-0.1, -0.05) is 0 Å². The molecule has 3 rings (SSSR count). The lowest BCUT2D eigenvalue weighted by Crippen LogP contribution is -2.44. The standard InChI is InChI=1S/C12H22N6.2ClH/c1-16-6-8-17(9-7-16)10-12-15-14-11-2-3-13-4-5-18(11)12;;/h13H,2-10H2,1H3;2*1H. The first-order valence-electron chi connectivity index (χ1n) is 6.85. The molecule has 0 spiro atoms. The summed E-state index contributed by atoms with van der Waals surface area (Å²) in [5.74, 6) is 2.28. The second-order valence-electron chi connectivity index (χ2n) is 5.26. The molecule has 1 aromatic heterocycles. The molecule has 20 heavy (non-hydrogen) atoms. The van der Waals surface area contributed by atoms with E-state index >= 15 is 0 Å². The monoisotopic (exact) mass is 322 g/mol. The minimum atomic E-state index is 0. The summed E-state index contributed by atoms with van der Waals surface area (Å²) in [7, 11) is 2.19. The number of fused-ring (bicyclic) bond motifs is 1. The zero-order valence-electron chi connectivity index (χ0n) is 11.9. The Morgan fingerprint density at radius 3 is 2.50 bits per heavy atom. The minimum absolute atomic E-state index is 0. The van der Waals surface area contributed by atoms with Crippen LogP contribution in [0.25, 0.3) is 0 Å². The maximum Gasteiger partial charge on any atom is 0.147 e. The van der Waals surface area contributed by atoms with Crippen molar-refractivity contribution < 1.29 is 0 Å². The second-order valence-corrected chi connectivity index (χ2v) is 5.26. The third kappa shape index (κ3) is 4.05. The highest BCUT2D eigenvalue weighted by Gasteiger charge is 2.19. The second kappa shape index (κ2) is 8.14. The average molecular weight is 323 g/mol.